The third-order valence-corrected chi connectivity index (χ3v) is 7.55. The zero-order valence-corrected chi connectivity index (χ0v) is 23.3. The molecule has 0 saturated carbocycles. The fourth-order valence-electron chi connectivity index (χ4n) is 5.32. The summed E-state index contributed by atoms with van der Waals surface area (Å²) >= 11 is 0. The molecular formula is C34H41FN2O2. The van der Waals surface area contributed by atoms with E-state index >= 15 is 0 Å². The van der Waals surface area contributed by atoms with Gasteiger partial charge in [0.1, 0.15) is 11.6 Å². The summed E-state index contributed by atoms with van der Waals surface area (Å²) in [7, 11) is 1.65. The highest BCUT2D eigenvalue weighted by Crippen LogP contribution is 2.30. The van der Waals surface area contributed by atoms with E-state index in [0.29, 0.717) is 13.0 Å². The Labute approximate surface area is 233 Å². The van der Waals surface area contributed by atoms with E-state index in [0.717, 1.165) is 42.0 Å². The standard InChI is InChI=1S/C34H41FN2O2/c1-3-4-5-6-10-23-36-24-11-14-32(29-17-21-31(39-2)22-18-29)37(26-28-15-19-30(35)20-16-28)34(38)33(36)25-27-12-8-7-9-13-27/h7-9,11-22,32-33H,3-6,10,23-26H2,1-2H3/b14-11-/t32-,33-/m0/s1. The van der Waals surface area contributed by atoms with E-state index in [9.17, 15) is 9.18 Å². The maximum absolute atomic E-state index is 14.6. The Morgan fingerprint density at radius 1 is 0.872 bits per heavy atom. The highest BCUT2D eigenvalue weighted by atomic mass is 19.1. The summed E-state index contributed by atoms with van der Waals surface area (Å²) in [4.78, 5) is 18.9. The molecule has 0 fully saturated rings. The molecule has 1 amide bonds. The van der Waals surface area contributed by atoms with Crippen molar-refractivity contribution in [1.29, 1.82) is 0 Å². The minimum absolute atomic E-state index is 0.0990. The van der Waals surface area contributed by atoms with E-state index in [-0.39, 0.29) is 23.8 Å². The van der Waals surface area contributed by atoms with Gasteiger partial charge in [0, 0.05) is 13.1 Å². The van der Waals surface area contributed by atoms with E-state index in [4.69, 9.17) is 4.74 Å². The zero-order chi connectivity index (χ0) is 27.5. The fourth-order valence-corrected chi connectivity index (χ4v) is 5.32. The van der Waals surface area contributed by atoms with Crippen molar-refractivity contribution in [2.24, 2.45) is 0 Å². The molecule has 4 rings (SSSR count). The number of nitrogens with zero attached hydrogens (tertiary/aromatic N) is 2. The minimum Gasteiger partial charge on any atom is -0.497 e. The number of benzene rings is 3. The predicted octanol–water partition coefficient (Wildman–Crippen LogP) is 7.36. The molecule has 39 heavy (non-hydrogen) atoms. The summed E-state index contributed by atoms with van der Waals surface area (Å²) in [6.45, 7) is 4.24. The van der Waals surface area contributed by atoms with Crippen LogP contribution in [0.4, 0.5) is 4.39 Å². The first kappa shape index (κ1) is 28.6. The van der Waals surface area contributed by atoms with Crippen LogP contribution in [0.15, 0.2) is 91.0 Å². The molecular weight excluding hydrogens is 487 g/mol. The maximum Gasteiger partial charge on any atom is 0.241 e. The number of unbranched alkanes of at least 4 members (excludes halogenated alkanes) is 4. The second kappa shape index (κ2) is 14.6. The average molecular weight is 529 g/mol. The lowest BCUT2D eigenvalue weighted by Crippen LogP contribution is -2.52. The van der Waals surface area contributed by atoms with Crippen molar-refractivity contribution in [3.63, 3.8) is 0 Å². The smallest absolute Gasteiger partial charge is 0.241 e. The van der Waals surface area contributed by atoms with Gasteiger partial charge in [-0.1, -0.05) is 99.4 Å². The van der Waals surface area contributed by atoms with Gasteiger partial charge in [-0.3, -0.25) is 9.69 Å². The van der Waals surface area contributed by atoms with Gasteiger partial charge in [0.25, 0.3) is 0 Å². The summed E-state index contributed by atoms with van der Waals surface area (Å²) in [6.07, 6.45) is 11.0. The molecule has 0 unspecified atom stereocenters. The molecule has 0 N–H and O–H groups in total. The monoisotopic (exact) mass is 528 g/mol. The van der Waals surface area contributed by atoms with Crippen molar-refractivity contribution in [3.05, 3.63) is 114 Å². The van der Waals surface area contributed by atoms with Crippen LogP contribution in [0.2, 0.25) is 0 Å². The lowest BCUT2D eigenvalue weighted by molar-refractivity contribution is -0.139. The third kappa shape index (κ3) is 8.03. The molecule has 3 aromatic carbocycles. The molecule has 0 aliphatic carbocycles. The van der Waals surface area contributed by atoms with Gasteiger partial charge in [-0.05, 0) is 60.3 Å². The minimum atomic E-state index is -0.287. The Bertz CT molecular complexity index is 1180. The first-order chi connectivity index (χ1) is 19.1. The van der Waals surface area contributed by atoms with Crippen molar-refractivity contribution in [3.8, 4) is 5.75 Å². The quantitative estimate of drug-likeness (QED) is 0.182. The molecule has 1 heterocycles. The molecule has 3 aromatic rings. The second-order valence-corrected chi connectivity index (χ2v) is 10.4. The van der Waals surface area contributed by atoms with E-state index < -0.39 is 0 Å². The zero-order valence-electron chi connectivity index (χ0n) is 23.3. The van der Waals surface area contributed by atoms with Gasteiger partial charge in [0.2, 0.25) is 5.91 Å². The van der Waals surface area contributed by atoms with Gasteiger partial charge in [-0.15, -0.1) is 0 Å². The van der Waals surface area contributed by atoms with E-state index in [1.807, 2.05) is 47.4 Å². The van der Waals surface area contributed by atoms with Crippen LogP contribution in [0.5, 0.6) is 5.75 Å². The normalized spacial score (nSPS) is 18.9. The average Bonchev–Trinajstić information content (AvgIpc) is 2.97. The molecule has 4 nitrogen and oxygen atoms in total. The molecule has 0 aromatic heterocycles. The van der Waals surface area contributed by atoms with Crippen molar-refractivity contribution in [2.75, 3.05) is 20.2 Å². The molecule has 0 radical (unpaired) electrons. The number of carbonyl (C=O) groups is 1. The first-order valence-corrected chi connectivity index (χ1v) is 14.2. The van der Waals surface area contributed by atoms with E-state index in [1.54, 1.807) is 19.2 Å². The van der Waals surface area contributed by atoms with Crippen molar-refractivity contribution < 1.29 is 13.9 Å². The lowest BCUT2D eigenvalue weighted by Gasteiger charge is -2.39. The Kier molecular flexibility index (Phi) is 10.7. The second-order valence-electron chi connectivity index (χ2n) is 10.4. The van der Waals surface area contributed by atoms with Crippen LogP contribution >= 0.6 is 0 Å². The maximum atomic E-state index is 14.6. The Balaban J connectivity index is 1.69. The van der Waals surface area contributed by atoms with Crippen LogP contribution in [-0.4, -0.2) is 41.9 Å². The molecule has 0 bridgehead atoms. The number of rotatable bonds is 12. The van der Waals surface area contributed by atoms with Gasteiger partial charge in [-0.2, -0.15) is 0 Å². The molecule has 206 valence electrons. The van der Waals surface area contributed by atoms with Gasteiger partial charge < -0.3 is 9.64 Å². The van der Waals surface area contributed by atoms with Gasteiger partial charge >= 0.3 is 0 Å². The Morgan fingerprint density at radius 3 is 2.28 bits per heavy atom. The largest absolute Gasteiger partial charge is 0.497 e. The number of hydrogen-bond donors (Lipinski definition) is 0. The number of halogens is 1. The van der Waals surface area contributed by atoms with Crippen molar-refractivity contribution >= 4 is 5.91 Å². The fraction of sp³-hybridized carbons (Fsp3) is 0.382. The van der Waals surface area contributed by atoms with E-state index in [1.165, 1.54) is 37.8 Å². The molecule has 2 atom stereocenters. The summed E-state index contributed by atoms with van der Waals surface area (Å²) in [5, 5.41) is 0. The summed E-state index contributed by atoms with van der Waals surface area (Å²) in [5.74, 6) is 0.601. The third-order valence-electron chi connectivity index (χ3n) is 7.55. The van der Waals surface area contributed by atoms with Crippen LogP contribution in [0.25, 0.3) is 0 Å². The van der Waals surface area contributed by atoms with Gasteiger partial charge in [-0.25, -0.2) is 4.39 Å². The molecule has 1 aliphatic rings. The lowest BCUT2D eigenvalue weighted by atomic mass is 9.97. The van der Waals surface area contributed by atoms with Gasteiger partial charge in [0.05, 0.1) is 19.2 Å². The molecule has 5 heteroatoms. The summed E-state index contributed by atoms with van der Waals surface area (Å²) in [5.41, 5.74) is 3.08. The van der Waals surface area contributed by atoms with Crippen LogP contribution in [0, 0.1) is 5.82 Å². The number of hydrogen-bond acceptors (Lipinski definition) is 3. The molecule has 1 aliphatic heterocycles. The number of carbonyl (C=O) groups excluding carboxylic acids is 1. The molecule has 0 spiro atoms. The van der Waals surface area contributed by atoms with Crippen LogP contribution in [0.3, 0.4) is 0 Å². The number of ether oxygens (including phenoxy) is 1. The Hall–Kier alpha value is -3.44. The highest BCUT2D eigenvalue weighted by molar-refractivity contribution is 5.83. The van der Waals surface area contributed by atoms with Crippen molar-refractivity contribution in [1.82, 2.24) is 9.80 Å². The SMILES string of the molecule is CCCCCCCN1C/C=C\[C@@H](c2ccc(OC)cc2)N(Cc2ccc(F)cc2)C(=O)[C@@H]1Cc1ccccc1. The number of methoxy groups -OCH3 is 1. The number of amides is 1. The van der Waals surface area contributed by atoms with Crippen molar-refractivity contribution in [2.45, 2.75) is 64.1 Å². The van der Waals surface area contributed by atoms with E-state index in [2.05, 4.69) is 36.1 Å². The molecule has 0 saturated heterocycles. The topological polar surface area (TPSA) is 32.8 Å². The van der Waals surface area contributed by atoms with Crippen LogP contribution in [0.1, 0.15) is 61.8 Å². The first-order valence-electron chi connectivity index (χ1n) is 14.2. The summed E-state index contributed by atoms with van der Waals surface area (Å²) in [6, 6.07) is 24.2. The van der Waals surface area contributed by atoms with Crippen LogP contribution in [-0.2, 0) is 17.8 Å². The predicted molar refractivity (Wildman–Crippen MR) is 156 cm³/mol. The summed E-state index contributed by atoms with van der Waals surface area (Å²) < 4.78 is 19.1. The van der Waals surface area contributed by atoms with Gasteiger partial charge in [0.15, 0.2) is 0 Å². The highest BCUT2D eigenvalue weighted by Gasteiger charge is 2.34. The Morgan fingerprint density at radius 2 is 1.59 bits per heavy atom. The van der Waals surface area contributed by atoms with Crippen LogP contribution < -0.4 is 4.74 Å².